The molecule has 4 unspecified atom stereocenters. The minimum atomic E-state index is -1.14. The smallest absolute Gasteiger partial charge is 0.326 e. The molecule has 11 heteroatoms. The van der Waals surface area contributed by atoms with Crippen LogP contribution in [0.4, 0.5) is 0 Å². The van der Waals surface area contributed by atoms with Crippen molar-refractivity contribution < 1.29 is 29.4 Å². The van der Waals surface area contributed by atoms with E-state index in [9.17, 15) is 29.4 Å². The van der Waals surface area contributed by atoms with Crippen LogP contribution in [0.25, 0.3) is 0 Å². The van der Waals surface area contributed by atoms with E-state index < -0.39 is 47.9 Å². The largest absolute Gasteiger partial charge is 0.508 e. The van der Waals surface area contributed by atoms with Gasteiger partial charge in [0.25, 0.3) is 0 Å². The Morgan fingerprint density at radius 1 is 0.838 bits per heavy atom. The zero-order valence-electron chi connectivity index (χ0n) is 22.3. The molecule has 4 atom stereocenters. The van der Waals surface area contributed by atoms with E-state index in [0.29, 0.717) is 17.7 Å². The monoisotopic (exact) mass is 538 g/mol. The van der Waals surface area contributed by atoms with Gasteiger partial charge in [-0.05, 0) is 60.8 Å². The Hall–Kier alpha value is -2.79. The zero-order valence-corrected chi connectivity index (χ0v) is 23.1. The molecule has 7 N–H and O–H groups in total. The Labute approximate surface area is 223 Å². The van der Waals surface area contributed by atoms with Gasteiger partial charge in [-0.15, -0.1) is 0 Å². The number of aliphatic carboxylic acids is 1. The lowest BCUT2D eigenvalue weighted by molar-refractivity contribution is -0.142. The first-order chi connectivity index (χ1) is 17.3. The molecule has 0 aliphatic heterocycles. The lowest BCUT2D eigenvalue weighted by Crippen LogP contribution is -2.57. The molecule has 1 aromatic rings. The maximum atomic E-state index is 13.4. The van der Waals surface area contributed by atoms with Crippen LogP contribution < -0.4 is 21.7 Å². The highest BCUT2D eigenvalue weighted by Crippen LogP contribution is 2.13. The molecule has 0 fully saturated rings. The van der Waals surface area contributed by atoms with Gasteiger partial charge in [0.2, 0.25) is 17.7 Å². The van der Waals surface area contributed by atoms with Crippen molar-refractivity contribution in [3.05, 3.63) is 29.8 Å². The first-order valence-electron chi connectivity index (χ1n) is 12.5. The van der Waals surface area contributed by atoms with Gasteiger partial charge in [0.05, 0.1) is 6.04 Å². The van der Waals surface area contributed by atoms with Crippen molar-refractivity contribution >= 4 is 35.5 Å². The van der Waals surface area contributed by atoms with Crippen molar-refractivity contribution in [1.29, 1.82) is 0 Å². The number of aromatic hydroxyl groups is 1. The van der Waals surface area contributed by atoms with E-state index >= 15 is 0 Å². The van der Waals surface area contributed by atoms with Gasteiger partial charge in [0.15, 0.2) is 0 Å². The van der Waals surface area contributed by atoms with Crippen LogP contribution in [0.5, 0.6) is 5.75 Å². The molecular weight excluding hydrogens is 496 g/mol. The summed E-state index contributed by atoms with van der Waals surface area (Å²) in [5, 5.41) is 27.0. The number of amides is 3. The Bertz CT molecular complexity index is 894. The van der Waals surface area contributed by atoms with Crippen LogP contribution in [-0.4, -0.2) is 70.1 Å². The van der Waals surface area contributed by atoms with E-state index in [1.165, 1.54) is 23.9 Å². The SMILES string of the molecule is CSCCC(NC(=O)C(Cc1ccc(O)cc1)NC(=O)C(N)CC(C)C)C(=O)NC(CC(C)C)C(=O)O. The molecule has 3 amide bonds. The Balaban J connectivity index is 3.11. The first kappa shape index (κ1) is 32.2. The number of thioether (sulfide) groups is 1. The second-order valence-corrected chi connectivity index (χ2v) is 11.0. The normalized spacial score (nSPS) is 14.5. The third kappa shape index (κ3) is 12.3. The molecule has 0 radical (unpaired) electrons. The maximum Gasteiger partial charge on any atom is 0.326 e. The summed E-state index contributed by atoms with van der Waals surface area (Å²) in [6.07, 6.45) is 2.93. The lowest BCUT2D eigenvalue weighted by atomic mass is 10.0. The number of hydrogen-bond donors (Lipinski definition) is 6. The second-order valence-electron chi connectivity index (χ2n) is 10.0. The third-order valence-corrected chi connectivity index (χ3v) is 6.28. The first-order valence-corrected chi connectivity index (χ1v) is 13.9. The predicted octanol–water partition coefficient (Wildman–Crippen LogP) is 1.65. The van der Waals surface area contributed by atoms with Crippen LogP contribution in [0.1, 0.15) is 52.5 Å². The van der Waals surface area contributed by atoms with E-state index in [1.54, 1.807) is 12.1 Å². The average molecular weight is 539 g/mol. The number of nitrogens with one attached hydrogen (secondary N) is 3. The van der Waals surface area contributed by atoms with Crippen molar-refractivity contribution in [3.63, 3.8) is 0 Å². The predicted molar refractivity (Wildman–Crippen MR) is 145 cm³/mol. The van der Waals surface area contributed by atoms with Crippen LogP contribution in [0.3, 0.4) is 0 Å². The Kier molecular flexibility index (Phi) is 14.1. The molecule has 0 spiro atoms. The summed E-state index contributed by atoms with van der Waals surface area (Å²) in [5.74, 6) is -1.98. The number of hydrogen-bond acceptors (Lipinski definition) is 7. The highest BCUT2D eigenvalue weighted by molar-refractivity contribution is 7.98. The number of carbonyl (C=O) groups is 4. The molecule has 0 aromatic heterocycles. The van der Waals surface area contributed by atoms with Crippen LogP contribution in [0, 0.1) is 11.8 Å². The molecule has 0 saturated heterocycles. The van der Waals surface area contributed by atoms with Crippen LogP contribution >= 0.6 is 11.8 Å². The molecular formula is C26H42N4O6S. The summed E-state index contributed by atoms with van der Waals surface area (Å²) in [6, 6.07) is 2.32. The van der Waals surface area contributed by atoms with E-state index in [2.05, 4.69) is 16.0 Å². The lowest BCUT2D eigenvalue weighted by Gasteiger charge is -2.26. The summed E-state index contributed by atoms with van der Waals surface area (Å²) in [4.78, 5) is 50.8. The molecule has 208 valence electrons. The minimum Gasteiger partial charge on any atom is -0.508 e. The van der Waals surface area contributed by atoms with Crippen LogP contribution in [0.2, 0.25) is 0 Å². The molecule has 1 aromatic carbocycles. The zero-order chi connectivity index (χ0) is 28.1. The topological polar surface area (TPSA) is 171 Å². The van der Waals surface area contributed by atoms with Gasteiger partial charge < -0.3 is 31.9 Å². The quantitative estimate of drug-likeness (QED) is 0.184. The van der Waals surface area contributed by atoms with E-state index in [-0.39, 0.29) is 36.8 Å². The summed E-state index contributed by atoms with van der Waals surface area (Å²) in [7, 11) is 0. The van der Waals surface area contributed by atoms with Crippen LogP contribution in [-0.2, 0) is 25.6 Å². The van der Waals surface area contributed by atoms with Crippen molar-refractivity contribution in [2.45, 2.75) is 77.5 Å². The van der Waals surface area contributed by atoms with Gasteiger partial charge in [-0.2, -0.15) is 11.8 Å². The highest BCUT2D eigenvalue weighted by atomic mass is 32.2. The second kappa shape index (κ2) is 16.1. The number of carboxylic acids is 1. The van der Waals surface area contributed by atoms with Gasteiger partial charge in [-0.3, -0.25) is 14.4 Å². The third-order valence-electron chi connectivity index (χ3n) is 5.64. The number of rotatable bonds is 16. The van der Waals surface area contributed by atoms with Crippen molar-refractivity contribution in [2.75, 3.05) is 12.0 Å². The van der Waals surface area contributed by atoms with Gasteiger partial charge in [0.1, 0.15) is 23.9 Å². The Morgan fingerprint density at radius 2 is 1.35 bits per heavy atom. The number of phenols is 1. The van der Waals surface area contributed by atoms with Gasteiger partial charge >= 0.3 is 5.97 Å². The summed E-state index contributed by atoms with van der Waals surface area (Å²) < 4.78 is 0. The highest BCUT2D eigenvalue weighted by Gasteiger charge is 2.30. The van der Waals surface area contributed by atoms with Crippen molar-refractivity contribution in [3.8, 4) is 5.75 Å². The summed E-state index contributed by atoms with van der Waals surface area (Å²) in [5.41, 5.74) is 6.70. The fourth-order valence-corrected chi connectivity index (χ4v) is 4.18. The molecule has 0 saturated carbocycles. The fourth-order valence-electron chi connectivity index (χ4n) is 3.71. The van der Waals surface area contributed by atoms with Gasteiger partial charge in [-0.1, -0.05) is 39.8 Å². The Morgan fingerprint density at radius 3 is 1.86 bits per heavy atom. The number of carboxylic acid groups (broad SMARTS) is 1. The van der Waals surface area contributed by atoms with Crippen molar-refractivity contribution in [2.24, 2.45) is 17.6 Å². The van der Waals surface area contributed by atoms with Crippen LogP contribution in [0.15, 0.2) is 24.3 Å². The molecule has 0 aliphatic carbocycles. The molecule has 0 bridgehead atoms. The van der Waals surface area contributed by atoms with E-state index in [0.717, 1.165) is 0 Å². The van der Waals surface area contributed by atoms with E-state index in [4.69, 9.17) is 5.73 Å². The fraction of sp³-hybridized carbons (Fsp3) is 0.615. The van der Waals surface area contributed by atoms with Crippen molar-refractivity contribution in [1.82, 2.24) is 16.0 Å². The average Bonchev–Trinajstić information content (AvgIpc) is 2.81. The molecule has 0 heterocycles. The number of benzene rings is 1. The molecule has 37 heavy (non-hydrogen) atoms. The molecule has 1 rings (SSSR count). The molecule has 0 aliphatic rings. The number of nitrogens with two attached hydrogens (primary N) is 1. The number of phenolic OH excluding ortho intramolecular Hbond substituents is 1. The minimum absolute atomic E-state index is 0.0422. The molecule has 10 nitrogen and oxygen atoms in total. The summed E-state index contributed by atoms with van der Waals surface area (Å²) >= 11 is 1.49. The van der Waals surface area contributed by atoms with Gasteiger partial charge in [0, 0.05) is 6.42 Å². The van der Waals surface area contributed by atoms with Gasteiger partial charge in [-0.25, -0.2) is 4.79 Å². The maximum absolute atomic E-state index is 13.4. The standard InChI is InChI=1S/C26H42N4O6S/c1-15(2)12-19(27)23(32)29-21(14-17-6-8-18(31)9-7-17)25(34)28-20(10-11-37-5)24(33)30-22(26(35)36)13-16(3)4/h6-9,15-16,19-22,31H,10-14,27H2,1-5H3,(H,28,34)(H,29,32)(H,30,33)(H,35,36). The summed E-state index contributed by atoms with van der Waals surface area (Å²) in [6.45, 7) is 7.59. The van der Waals surface area contributed by atoms with E-state index in [1.807, 2.05) is 34.0 Å². The number of carbonyl (C=O) groups excluding carboxylic acids is 3.